The fraction of sp³-hybridized carbons (Fsp3) is 0.500. The van der Waals surface area contributed by atoms with Crippen LogP contribution in [0.2, 0.25) is 0 Å². The van der Waals surface area contributed by atoms with E-state index in [4.69, 9.17) is 14.0 Å². The molecule has 1 saturated heterocycles. The Morgan fingerprint density at radius 2 is 2.14 bits per heavy atom. The van der Waals surface area contributed by atoms with Gasteiger partial charge in [-0.05, 0) is 25.7 Å². The van der Waals surface area contributed by atoms with E-state index < -0.39 is 5.76 Å². The van der Waals surface area contributed by atoms with Gasteiger partial charge < -0.3 is 9.47 Å². The summed E-state index contributed by atoms with van der Waals surface area (Å²) in [4.78, 5) is 11.8. The van der Waals surface area contributed by atoms with Crippen LogP contribution >= 0.6 is 0 Å². The number of rotatable bonds is 6. The molecule has 118 valence electrons. The zero-order valence-electron chi connectivity index (χ0n) is 12.4. The lowest BCUT2D eigenvalue weighted by atomic mass is 10.2. The van der Waals surface area contributed by atoms with Crippen molar-refractivity contribution in [3.05, 3.63) is 40.9 Å². The molecule has 1 aliphatic rings. The molecule has 6 heteroatoms. The Hall–Kier alpha value is -1.92. The van der Waals surface area contributed by atoms with E-state index in [1.807, 2.05) is 30.3 Å². The molecule has 2 aromatic rings. The minimum atomic E-state index is -0.437. The van der Waals surface area contributed by atoms with Gasteiger partial charge in [0, 0.05) is 18.7 Å². The van der Waals surface area contributed by atoms with Crippen molar-refractivity contribution in [2.75, 3.05) is 13.2 Å². The monoisotopic (exact) mass is 304 g/mol. The Labute approximate surface area is 128 Å². The second-order valence-corrected chi connectivity index (χ2v) is 5.31. The van der Waals surface area contributed by atoms with Gasteiger partial charge in [-0.15, -0.1) is 0 Å². The Morgan fingerprint density at radius 3 is 2.91 bits per heavy atom. The van der Waals surface area contributed by atoms with E-state index in [1.54, 1.807) is 4.57 Å². The van der Waals surface area contributed by atoms with Crippen molar-refractivity contribution >= 4 is 0 Å². The minimum Gasteiger partial charge on any atom is -0.353 e. The molecule has 6 nitrogen and oxygen atoms in total. The molecule has 0 radical (unpaired) electrons. The van der Waals surface area contributed by atoms with Crippen LogP contribution in [-0.4, -0.2) is 29.2 Å². The third-order valence-electron chi connectivity index (χ3n) is 3.69. The molecule has 1 aromatic heterocycles. The molecule has 0 unspecified atom stereocenters. The summed E-state index contributed by atoms with van der Waals surface area (Å²) in [6.45, 7) is 1.84. The van der Waals surface area contributed by atoms with Crippen LogP contribution in [0.1, 0.15) is 25.7 Å². The number of hydrogen-bond acceptors (Lipinski definition) is 5. The molecule has 22 heavy (non-hydrogen) atoms. The van der Waals surface area contributed by atoms with Crippen molar-refractivity contribution in [2.24, 2.45) is 0 Å². The van der Waals surface area contributed by atoms with Crippen molar-refractivity contribution in [3.8, 4) is 11.4 Å². The quantitative estimate of drug-likeness (QED) is 0.767. The third-order valence-corrected chi connectivity index (χ3v) is 3.69. The van der Waals surface area contributed by atoms with Crippen LogP contribution in [0, 0.1) is 0 Å². The Morgan fingerprint density at radius 1 is 1.27 bits per heavy atom. The average Bonchev–Trinajstić information content (AvgIpc) is 2.94. The molecule has 0 aliphatic carbocycles. The van der Waals surface area contributed by atoms with Gasteiger partial charge in [-0.1, -0.05) is 35.5 Å². The predicted octanol–water partition coefficient (Wildman–Crippen LogP) is 2.44. The maximum absolute atomic E-state index is 11.8. The summed E-state index contributed by atoms with van der Waals surface area (Å²) in [6.07, 6.45) is 3.81. The van der Waals surface area contributed by atoms with E-state index in [0.717, 1.165) is 31.4 Å². The maximum atomic E-state index is 11.8. The van der Waals surface area contributed by atoms with E-state index in [9.17, 15) is 4.79 Å². The molecule has 2 heterocycles. The highest BCUT2D eigenvalue weighted by Crippen LogP contribution is 2.16. The first kappa shape index (κ1) is 15.0. The number of nitrogens with zero attached hydrogens (tertiary/aromatic N) is 2. The van der Waals surface area contributed by atoms with Crippen LogP contribution < -0.4 is 5.76 Å². The van der Waals surface area contributed by atoms with Crippen LogP contribution in [0.3, 0.4) is 0 Å². The van der Waals surface area contributed by atoms with Crippen molar-refractivity contribution in [3.63, 3.8) is 0 Å². The number of hydrogen-bond donors (Lipinski definition) is 0. The van der Waals surface area contributed by atoms with Crippen molar-refractivity contribution in [1.29, 1.82) is 0 Å². The maximum Gasteiger partial charge on any atom is 0.441 e. The number of benzene rings is 1. The summed E-state index contributed by atoms with van der Waals surface area (Å²) >= 11 is 0. The van der Waals surface area contributed by atoms with Gasteiger partial charge in [0.05, 0.1) is 6.61 Å². The number of aromatic nitrogens is 2. The SMILES string of the molecule is O=c1onc(-c2ccccc2)n1CCCO[C@H]1CCCCO1. The highest BCUT2D eigenvalue weighted by atomic mass is 16.7. The van der Waals surface area contributed by atoms with Gasteiger partial charge in [-0.3, -0.25) is 9.09 Å². The molecule has 1 aliphatic heterocycles. The molecule has 3 rings (SSSR count). The van der Waals surface area contributed by atoms with Gasteiger partial charge >= 0.3 is 5.76 Å². The lowest BCUT2D eigenvalue weighted by molar-refractivity contribution is -0.163. The Kier molecular flexibility index (Phi) is 5.03. The zero-order chi connectivity index (χ0) is 15.2. The van der Waals surface area contributed by atoms with Gasteiger partial charge in [0.1, 0.15) is 0 Å². The van der Waals surface area contributed by atoms with Gasteiger partial charge in [0.25, 0.3) is 0 Å². The molecule has 0 N–H and O–H groups in total. The average molecular weight is 304 g/mol. The fourth-order valence-electron chi connectivity index (χ4n) is 2.54. The van der Waals surface area contributed by atoms with E-state index in [2.05, 4.69) is 5.16 Å². The standard InChI is InChI=1S/C16H20N2O4/c19-16-18(10-6-12-21-14-9-4-5-11-20-14)15(17-22-16)13-7-2-1-3-8-13/h1-3,7-8,14H,4-6,9-12H2/t14-/m0/s1. The molecule has 1 aromatic carbocycles. The van der Waals surface area contributed by atoms with Crippen LogP contribution in [0.5, 0.6) is 0 Å². The van der Waals surface area contributed by atoms with Crippen molar-refractivity contribution < 1.29 is 14.0 Å². The number of ether oxygens (including phenoxy) is 2. The highest BCUT2D eigenvalue weighted by Gasteiger charge is 2.15. The topological polar surface area (TPSA) is 66.5 Å². The summed E-state index contributed by atoms with van der Waals surface area (Å²) in [5, 5.41) is 3.86. The molecule has 0 amide bonds. The summed E-state index contributed by atoms with van der Waals surface area (Å²) in [6, 6.07) is 9.54. The molecule has 0 bridgehead atoms. The Balaban J connectivity index is 1.56. The molecule has 1 fully saturated rings. The minimum absolute atomic E-state index is 0.0958. The van der Waals surface area contributed by atoms with Gasteiger partial charge in [0.15, 0.2) is 12.1 Å². The zero-order valence-corrected chi connectivity index (χ0v) is 12.4. The van der Waals surface area contributed by atoms with E-state index in [-0.39, 0.29) is 6.29 Å². The Bertz CT molecular complexity index is 629. The highest BCUT2D eigenvalue weighted by molar-refractivity contribution is 5.54. The third kappa shape index (κ3) is 3.64. The fourth-order valence-corrected chi connectivity index (χ4v) is 2.54. The van der Waals surface area contributed by atoms with Gasteiger partial charge in [-0.2, -0.15) is 0 Å². The van der Waals surface area contributed by atoms with E-state index in [0.29, 0.717) is 25.4 Å². The smallest absolute Gasteiger partial charge is 0.353 e. The van der Waals surface area contributed by atoms with E-state index in [1.165, 1.54) is 0 Å². The summed E-state index contributed by atoms with van der Waals surface area (Å²) in [5.74, 6) is 0.118. The van der Waals surface area contributed by atoms with Crippen molar-refractivity contribution in [1.82, 2.24) is 9.72 Å². The lowest BCUT2D eigenvalue weighted by Crippen LogP contribution is -2.23. The second-order valence-electron chi connectivity index (χ2n) is 5.31. The first-order valence-electron chi connectivity index (χ1n) is 7.70. The second kappa shape index (κ2) is 7.38. The summed E-state index contributed by atoms with van der Waals surface area (Å²) in [5.41, 5.74) is 0.866. The molecule has 1 atom stereocenters. The molecule has 0 spiro atoms. The van der Waals surface area contributed by atoms with Crippen LogP contribution in [0.15, 0.2) is 39.6 Å². The summed E-state index contributed by atoms with van der Waals surface area (Å²) < 4.78 is 17.5. The van der Waals surface area contributed by atoms with Crippen LogP contribution in [-0.2, 0) is 16.0 Å². The summed E-state index contributed by atoms with van der Waals surface area (Å²) in [7, 11) is 0. The molecule has 0 saturated carbocycles. The first-order valence-corrected chi connectivity index (χ1v) is 7.70. The van der Waals surface area contributed by atoms with Gasteiger partial charge in [0.2, 0.25) is 0 Å². The normalized spacial score (nSPS) is 18.5. The van der Waals surface area contributed by atoms with Crippen molar-refractivity contribution in [2.45, 2.75) is 38.5 Å². The molecular formula is C16H20N2O4. The largest absolute Gasteiger partial charge is 0.441 e. The van der Waals surface area contributed by atoms with Gasteiger partial charge in [-0.25, -0.2) is 4.79 Å². The predicted molar refractivity (Wildman–Crippen MR) is 80.4 cm³/mol. The molecular weight excluding hydrogens is 284 g/mol. The van der Waals surface area contributed by atoms with Crippen LogP contribution in [0.25, 0.3) is 11.4 Å². The van der Waals surface area contributed by atoms with E-state index >= 15 is 0 Å². The first-order chi connectivity index (χ1) is 10.8. The van der Waals surface area contributed by atoms with Crippen LogP contribution in [0.4, 0.5) is 0 Å². The lowest BCUT2D eigenvalue weighted by Gasteiger charge is -2.22.